The van der Waals surface area contributed by atoms with Crippen LogP contribution in [-0.4, -0.2) is 24.0 Å². The highest BCUT2D eigenvalue weighted by atomic mass is 15.2. The van der Waals surface area contributed by atoms with Crippen LogP contribution < -0.4 is 5.73 Å². The zero-order valence-electron chi connectivity index (χ0n) is 12.5. The van der Waals surface area contributed by atoms with Crippen LogP contribution in [-0.2, 0) is 0 Å². The Hall–Kier alpha value is -0.860. The number of nitrogens with zero attached hydrogens (tertiary/aromatic N) is 1. The number of benzene rings is 1. The summed E-state index contributed by atoms with van der Waals surface area (Å²) in [7, 11) is 0. The molecule has 1 rings (SSSR count). The van der Waals surface area contributed by atoms with Crippen LogP contribution >= 0.6 is 0 Å². The first-order valence-electron chi connectivity index (χ1n) is 7.02. The molecule has 0 aliphatic rings. The van der Waals surface area contributed by atoms with Gasteiger partial charge in [0.15, 0.2) is 0 Å². The first-order chi connectivity index (χ1) is 8.47. The fraction of sp³-hybridized carbons (Fsp3) is 0.625. The lowest BCUT2D eigenvalue weighted by Crippen LogP contribution is -2.41. The van der Waals surface area contributed by atoms with Crippen molar-refractivity contribution in [2.45, 2.75) is 46.7 Å². The second-order valence-corrected chi connectivity index (χ2v) is 5.64. The summed E-state index contributed by atoms with van der Waals surface area (Å²) in [5.41, 5.74) is 8.95. The lowest BCUT2D eigenvalue weighted by molar-refractivity contribution is 0.165. The molecule has 0 heterocycles. The number of hydrogen-bond donors (Lipinski definition) is 1. The maximum Gasteiger partial charge on any atom is 0.0499 e. The Morgan fingerprint density at radius 3 is 2.22 bits per heavy atom. The van der Waals surface area contributed by atoms with Crippen LogP contribution in [0.4, 0.5) is 0 Å². The van der Waals surface area contributed by atoms with Gasteiger partial charge in [0, 0.05) is 18.6 Å². The third-order valence-corrected chi connectivity index (χ3v) is 3.40. The van der Waals surface area contributed by atoms with E-state index in [1.807, 2.05) is 0 Å². The summed E-state index contributed by atoms with van der Waals surface area (Å²) < 4.78 is 0. The van der Waals surface area contributed by atoms with Gasteiger partial charge >= 0.3 is 0 Å². The molecule has 18 heavy (non-hydrogen) atoms. The van der Waals surface area contributed by atoms with E-state index in [1.54, 1.807) is 0 Å². The minimum atomic E-state index is 0.143. The highest BCUT2D eigenvalue weighted by molar-refractivity contribution is 5.29. The molecule has 0 amide bonds. The third kappa shape index (κ3) is 3.82. The Bertz CT molecular complexity index is 358. The normalized spacial score (nSPS) is 15.1. The largest absolute Gasteiger partial charge is 0.326 e. The van der Waals surface area contributed by atoms with Gasteiger partial charge < -0.3 is 5.73 Å². The minimum absolute atomic E-state index is 0.143. The fourth-order valence-electron chi connectivity index (χ4n) is 2.64. The van der Waals surface area contributed by atoms with Crippen molar-refractivity contribution in [2.75, 3.05) is 13.1 Å². The summed E-state index contributed by atoms with van der Waals surface area (Å²) in [6.07, 6.45) is 0. The van der Waals surface area contributed by atoms with E-state index in [2.05, 4.69) is 63.8 Å². The molecule has 2 nitrogen and oxygen atoms in total. The molecule has 1 aromatic rings. The molecule has 0 bridgehead atoms. The average molecular weight is 248 g/mol. The molecule has 2 atom stereocenters. The first kappa shape index (κ1) is 15.2. The van der Waals surface area contributed by atoms with E-state index in [0.717, 1.165) is 13.1 Å². The Balaban J connectivity index is 3.05. The lowest BCUT2D eigenvalue weighted by atomic mass is 9.94. The van der Waals surface area contributed by atoms with Gasteiger partial charge in [-0.05, 0) is 37.4 Å². The predicted molar refractivity (Wildman–Crippen MR) is 79.7 cm³/mol. The van der Waals surface area contributed by atoms with E-state index < -0.39 is 0 Å². The van der Waals surface area contributed by atoms with E-state index in [1.165, 1.54) is 11.1 Å². The molecule has 102 valence electrons. The molecule has 2 N–H and O–H groups in total. The van der Waals surface area contributed by atoms with Crippen molar-refractivity contribution in [1.29, 1.82) is 0 Å². The summed E-state index contributed by atoms with van der Waals surface area (Å²) in [6.45, 7) is 13.2. The van der Waals surface area contributed by atoms with Crippen LogP contribution in [0.2, 0.25) is 0 Å². The number of nitrogens with two attached hydrogens (primary N) is 1. The van der Waals surface area contributed by atoms with E-state index in [9.17, 15) is 0 Å². The van der Waals surface area contributed by atoms with E-state index in [-0.39, 0.29) is 6.04 Å². The van der Waals surface area contributed by atoms with Crippen molar-refractivity contribution in [1.82, 2.24) is 4.90 Å². The van der Waals surface area contributed by atoms with Crippen molar-refractivity contribution in [3.8, 4) is 0 Å². The van der Waals surface area contributed by atoms with Crippen molar-refractivity contribution in [3.63, 3.8) is 0 Å². The molecule has 0 saturated heterocycles. The number of rotatable bonds is 6. The quantitative estimate of drug-likeness (QED) is 0.836. The summed E-state index contributed by atoms with van der Waals surface area (Å²) in [5.74, 6) is 0.662. The maximum atomic E-state index is 6.25. The summed E-state index contributed by atoms with van der Waals surface area (Å²) in [5, 5.41) is 0. The highest BCUT2D eigenvalue weighted by Gasteiger charge is 2.24. The monoisotopic (exact) mass is 248 g/mol. The molecule has 0 aliphatic heterocycles. The van der Waals surface area contributed by atoms with Crippen LogP contribution in [0, 0.1) is 12.8 Å². The Morgan fingerprint density at radius 1 is 1.17 bits per heavy atom. The highest BCUT2D eigenvalue weighted by Crippen LogP contribution is 2.26. The van der Waals surface area contributed by atoms with Crippen LogP contribution in [0.25, 0.3) is 0 Å². The maximum absolute atomic E-state index is 6.25. The van der Waals surface area contributed by atoms with Gasteiger partial charge in [0.25, 0.3) is 0 Å². The molecule has 0 saturated carbocycles. The minimum Gasteiger partial charge on any atom is -0.326 e. The van der Waals surface area contributed by atoms with Crippen LogP contribution in [0.5, 0.6) is 0 Å². The second kappa shape index (κ2) is 6.91. The van der Waals surface area contributed by atoms with Crippen LogP contribution in [0.1, 0.15) is 44.9 Å². The van der Waals surface area contributed by atoms with Gasteiger partial charge in [-0.15, -0.1) is 0 Å². The standard InChI is InChI=1S/C16H28N2/c1-6-18(11-12(2)3)16(14(5)17)15-10-8-7-9-13(15)4/h7-10,12,14,16H,6,11,17H2,1-5H3. The number of hydrogen-bond acceptors (Lipinski definition) is 2. The molecular weight excluding hydrogens is 220 g/mol. The van der Waals surface area contributed by atoms with E-state index in [0.29, 0.717) is 12.0 Å². The summed E-state index contributed by atoms with van der Waals surface area (Å²) in [4.78, 5) is 2.50. The van der Waals surface area contributed by atoms with Crippen molar-refractivity contribution in [2.24, 2.45) is 11.7 Å². The first-order valence-corrected chi connectivity index (χ1v) is 7.02. The molecule has 2 heteroatoms. The van der Waals surface area contributed by atoms with Crippen molar-refractivity contribution >= 4 is 0 Å². The van der Waals surface area contributed by atoms with Gasteiger partial charge in [0.05, 0.1) is 0 Å². The molecule has 2 unspecified atom stereocenters. The van der Waals surface area contributed by atoms with Gasteiger partial charge in [-0.1, -0.05) is 45.0 Å². The fourth-order valence-corrected chi connectivity index (χ4v) is 2.64. The van der Waals surface area contributed by atoms with Crippen molar-refractivity contribution < 1.29 is 0 Å². The molecule has 0 spiro atoms. The van der Waals surface area contributed by atoms with Gasteiger partial charge in [-0.2, -0.15) is 0 Å². The van der Waals surface area contributed by atoms with Gasteiger partial charge in [-0.3, -0.25) is 4.90 Å². The van der Waals surface area contributed by atoms with Gasteiger partial charge in [0.2, 0.25) is 0 Å². The second-order valence-electron chi connectivity index (χ2n) is 5.64. The lowest BCUT2D eigenvalue weighted by Gasteiger charge is -2.35. The molecule has 1 aromatic carbocycles. The Kier molecular flexibility index (Phi) is 5.83. The molecule has 0 fully saturated rings. The predicted octanol–water partition coefficient (Wildman–Crippen LogP) is 3.36. The van der Waals surface area contributed by atoms with Gasteiger partial charge in [-0.25, -0.2) is 0 Å². The zero-order valence-corrected chi connectivity index (χ0v) is 12.5. The van der Waals surface area contributed by atoms with Crippen LogP contribution in [0.15, 0.2) is 24.3 Å². The van der Waals surface area contributed by atoms with E-state index in [4.69, 9.17) is 5.73 Å². The Morgan fingerprint density at radius 2 is 1.78 bits per heavy atom. The topological polar surface area (TPSA) is 29.3 Å². The zero-order chi connectivity index (χ0) is 13.7. The molecule has 0 aliphatic carbocycles. The van der Waals surface area contributed by atoms with E-state index >= 15 is 0 Å². The van der Waals surface area contributed by atoms with Crippen molar-refractivity contribution in [3.05, 3.63) is 35.4 Å². The summed E-state index contributed by atoms with van der Waals surface area (Å²) in [6, 6.07) is 9.06. The Labute approximate surface area is 112 Å². The van der Waals surface area contributed by atoms with Gasteiger partial charge in [0.1, 0.15) is 0 Å². The summed E-state index contributed by atoms with van der Waals surface area (Å²) >= 11 is 0. The number of aryl methyl sites for hydroxylation is 1. The third-order valence-electron chi connectivity index (χ3n) is 3.40. The molecule has 0 aromatic heterocycles. The smallest absolute Gasteiger partial charge is 0.0499 e. The number of likely N-dealkylation sites (N-methyl/N-ethyl adjacent to an activating group) is 1. The molecular formula is C16H28N2. The average Bonchev–Trinajstić information content (AvgIpc) is 2.29. The SMILES string of the molecule is CCN(CC(C)C)C(c1ccccc1C)C(C)N. The van der Waals surface area contributed by atoms with Crippen LogP contribution in [0.3, 0.4) is 0 Å². The molecule has 0 radical (unpaired) electrons.